The minimum absolute atomic E-state index is 0.262. The van der Waals surface area contributed by atoms with Crippen LogP contribution >= 0.6 is 0 Å². The second-order valence-corrected chi connectivity index (χ2v) is 6.94. The molecule has 2 heterocycles. The minimum Gasteiger partial charge on any atom is -0.465 e. The average Bonchev–Trinajstić information content (AvgIpc) is 2.95. The van der Waals surface area contributed by atoms with Crippen LogP contribution < -0.4 is 4.90 Å². The molecule has 2 aliphatic heterocycles. The van der Waals surface area contributed by atoms with E-state index in [0.29, 0.717) is 30.6 Å². The van der Waals surface area contributed by atoms with Crippen LogP contribution in [0.2, 0.25) is 0 Å². The van der Waals surface area contributed by atoms with E-state index in [2.05, 4.69) is 6.07 Å². The van der Waals surface area contributed by atoms with Gasteiger partial charge in [0.25, 0.3) is 11.8 Å². The Hall–Kier alpha value is -2.99. The van der Waals surface area contributed by atoms with Gasteiger partial charge in [-0.1, -0.05) is 36.4 Å². The molecular formula is C21H21N2O4+. The van der Waals surface area contributed by atoms with Crippen molar-refractivity contribution in [3.05, 3.63) is 70.8 Å². The van der Waals surface area contributed by atoms with Gasteiger partial charge in [-0.3, -0.25) is 14.5 Å². The molecule has 1 N–H and O–H groups in total. The zero-order valence-corrected chi connectivity index (χ0v) is 15.1. The van der Waals surface area contributed by atoms with Crippen LogP contribution in [-0.2, 0) is 22.5 Å². The Morgan fingerprint density at radius 3 is 2.26 bits per heavy atom. The Labute approximate surface area is 157 Å². The molecule has 0 spiro atoms. The molecule has 0 saturated carbocycles. The van der Waals surface area contributed by atoms with Crippen molar-refractivity contribution in [3.63, 3.8) is 0 Å². The second kappa shape index (κ2) is 6.96. The molecule has 2 aromatic rings. The highest BCUT2D eigenvalue weighted by atomic mass is 16.5. The molecule has 2 amide bonds. The normalized spacial score (nSPS) is 21.0. The highest BCUT2D eigenvalue weighted by Gasteiger charge is 2.39. The predicted molar refractivity (Wildman–Crippen MR) is 97.3 cm³/mol. The van der Waals surface area contributed by atoms with E-state index in [1.165, 1.54) is 17.6 Å². The van der Waals surface area contributed by atoms with Gasteiger partial charge in [0.05, 0.1) is 31.3 Å². The fourth-order valence-electron chi connectivity index (χ4n) is 4.01. The van der Waals surface area contributed by atoms with Crippen molar-refractivity contribution in [2.45, 2.75) is 19.0 Å². The summed E-state index contributed by atoms with van der Waals surface area (Å²) in [6.45, 7) is 1.44. The lowest BCUT2D eigenvalue weighted by atomic mass is 9.94. The third kappa shape index (κ3) is 3.02. The highest BCUT2D eigenvalue weighted by molar-refractivity contribution is 6.21. The van der Waals surface area contributed by atoms with E-state index >= 15 is 0 Å². The molecule has 4 rings (SSSR count). The standard InChI is InChI=1S/C21H20N2O4/c1-27-21(26)18-12-14-6-2-3-7-15(14)13-22(18)10-11-23-19(24)16-8-4-5-9-17(16)20(23)25/h2-9,18H,10-13H2,1H3/p+1/t18-/m1/s1. The second-order valence-electron chi connectivity index (χ2n) is 6.94. The van der Waals surface area contributed by atoms with Gasteiger partial charge in [0.2, 0.25) is 0 Å². The van der Waals surface area contributed by atoms with Gasteiger partial charge >= 0.3 is 5.97 Å². The monoisotopic (exact) mass is 365 g/mol. The van der Waals surface area contributed by atoms with Gasteiger partial charge in [-0.05, 0) is 17.7 Å². The number of fused-ring (bicyclic) bond motifs is 2. The van der Waals surface area contributed by atoms with Crippen LogP contribution in [0.1, 0.15) is 31.8 Å². The maximum absolute atomic E-state index is 12.6. The van der Waals surface area contributed by atoms with Gasteiger partial charge in [-0.2, -0.15) is 0 Å². The molecule has 2 aliphatic rings. The number of imide groups is 1. The van der Waals surface area contributed by atoms with Crippen molar-refractivity contribution in [1.82, 2.24) is 4.90 Å². The molecule has 1 unspecified atom stereocenters. The van der Waals surface area contributed by atoms with E-state index in [4.69, 9.17) is 4.74 Å². The number of esters is 1. The predicted octanol–water partition coefficient (Wildman–Crippen LogP) is 0.465. The van der Waals surface area contributed by atoms with Gasteiger partial charge in [0.1, 0.15) is 6.54 Å². The third-order valence-corrected chi connectivity index (χ3v) is 5.47. The largest absolute Gasteiger partial charge is 0.465 e. The number of nitrogens with zero attached hydrogens (tertiary/aromatic N) is 1. The number of ether oxygens (including phenoxy) is 1. The number of benzene rings is 2. The third-order valence-electron chi connectivity index (χ3n) is 5.47. The molecule has 2 aromatic carbocycles. The van der Waals surface area contributed by atoms with E-state index in [-0.39, 0.29) is 30.4 Å². The first-order valence-corrected chi connectivity index (χ1v) is 9.04. The fraction of sp³-hybridized carbons (Fsp3) is 0.286. The molecule has 138 valence electrons. The number of hydrogen-bond donors (Lipinski definition) is 1. The summed E-state index contributed by atoms with van der Waals surface area (Å²) in [5.74, 6) is -0.786. The summed E-state index contributed by atoms with van der Waals surface area (Å²) in [7, 11) is 1.39. The van der Waals surface area contributed by atoms with Crippen molar-refractivity contribution in [2.75, 3.05) is 20.2 Å². The number of quaternary nitrogens is 1. The maximum Gasteiger partial charge on any atom is 0.365 e. The molecule has 0 bridgehead atoms. The summed E-state index contributed by atoms with van der Waals surface area (Å²) >= 11 is 0. The van der Waals surface area contributed by atoms with Crippen LogP contribution in [-0.4, -0.2) is 48.9 Å². The molecule has 0 radical (unpaired) electrons. The number of hydrogen-bond acceptors (Lipinski definition) is 4. The SMILES string of the molecule is COC(=O)[C@H]1Cc2ccccc2C[NH+]1CCN1C(=O)c2ccccc2C1=O. The van der Waals surface area contributed by atoms with Gasteiger partial charge in [0.15, 0.2) is 6.04 Å². The summed E-state index contributed by atoms with van der Waals surface area (Å²) in [5.41, 5.74) is 3.24. The van der Waals surface area contributed by atoms with E-state index in [9.17, 15) is 14.4 Å². The zero-order valence-electron chi connectivity index (χ0n) is 15.1. The Morgan fingerprint density at radius 1 is 1.04 bits per heavy atom. The Balaban J connectivity index is 1.52. The van der Waals surface area contributed by atoms with Gasteiger partial charge < -0.3 is 9.64 Å². The van der Waals surface area contributed by atoms with Crippen molar-refractivity contribution >= 4 is 17.8 Å². The fourth-order valence-corrected chi connectivity index (χ4v) is 4.01. The first kappa shape index (κ1) is 17.4. The quantitative estimate of drug-likeness (QED) is 0.632. The Morgan fingerprint density at radius 2 is 1.63 bits per heavy atom. The number of amides is 2. The lowest BCUT2D eigenvalue weighted by Crippen LogP contribution is -3.17. The lowest BCUT2D eigenvalue weighted by molar-refractivity contribution is -0.931. The molecule has 0 aliphatic carbocycles. The summed E-state index contributed by atoms with van der Waals surface area (Å²) in [4.78, 5) is 39.7. The summed E-state index contributed by atoms with van der Waals surface area (Å²) in [5, 5.41) is 0. The Bertz CT molecular complexity index is 889. The highest BCUT2D eigenvalue weighted by Crippen LogP contribution is 2.22. The molecule has 27 heavy (non-hydrogen) atoms. The summed E-state index contributed by atoms with van der Waals surface area (Å²) in [6.07, 6.45) is 0.598. The molecule has 6 nitrogen and oxygen atoms in total. The molecular weight excluding hydrogens is 344 g/mol. The van der Waals surface area contributed by atoms with Crippen LogP contribution in [0.5, 0.6) is 0 Å². The number of nitrogens with one attached hydrogen (secondary N) is 1. The topological polar surface area (TPSA) is 68.1 Å². The Kier molecular flexibility index (Phi) is 4.49. The molecule has 0 aromatic heterocycles. The van der Waals surface area contributed by atoms with Crippen molar-refractivity contribution in [2.24, 2.45) is 0 Å². The van der Waals surface area contributed by atoms with Gasteiger partial charge in [-0.15, -0.1) is 0 Å². The number of carbonyl (C=O) groups is 3. The maximum atomic E-state index is 12.6. The summed E-state index contributed by atoms with van der Waals surface area (Å²) < 4.78 is 4.99. The van der Waals surface area contributed by atoms with Crippen LogP contribution in [0.4, 0.5) is 0 Å². The van der Waals surface area contributed by atoms with Crippen LogP contribution in [0, 0.1) is 0 Å². The average molecular weight is 365 g/mol. The number of carbonyl (C=O) groups excluding carboxylic acids is 3. The lowest BCUT2D eigenvalue weighted by Gasteiger charge is -2.32. The van der Waals surface area contributed by atoms with E-state index in [1.54, 1.807) is 24.3 Å². The van der Waals surface area contributed by atoms with Crippen LogP contribution in [0.3, 0.4) is 0 Å². The number of methoxy groups -OCH3 is 1. The summed E-state index contributed by atoms with van der Waals surface area (Å²) in [6, 6.07) is 14.6. The first-order chi connectivity index (χ1) is 13.1. The van der Waals surface area contributed by atoms with E-state index in [0.717, 1.165) is 10.5 Å². The number of rotatable bonds is 4. The van der Waals surface area contributed by atoms with Crippen molar-refractivity contribution in [3.8, 4) is 0 Å². The molecule has 0 fully saturated rings. The van der Waals surface area contributed by atoms with Crippen LogP contribution in [0.15, 0.2) is 48.5 Å². The van der Waals surface area contributed by atoms with Crippen molar-refractivity contribution in [1.29, 1.82) is 0 Å². The molecule has 6 heteroatoms. The van der Waals surface area contributed by atoms with E-state index < -0.39 is 0 Å². The van der Waals surface area contributed by atoms with Gasteiger partial charge in [-0.25, -0.2) is 4.79 Å². The van der Waals surface area contributed by atoms with Gasteiger partial charge in [0, 0.05) is 12.0 Å². The van der Waals surface area contributed by atoms with Crippen molar-refractivity contribution < 1.29 is 24.0 Å². The smallest absolute Gasteiger partial charge is 0.365 e. The molecule has 0 saturated heterocycles. The molecule has 2 atom stereocenters. The first-order valence-electron chi connectivity index (χ1n) is 9.04. The minimum atomic E-state index is -0.333. The van der Waals surface area contributed by atoms with E-state index in [1.807, 2.05) is 18.2 Å². The van der Waals surface area contributed by atoms with Crippen LogP contribution in [0.25, 0.3) is 0 Å². The zero-order chi connectivity index (χ0) is 19.0.